The number of unbranched alkanes of at least 4 members (excludes halogenated alkanes) is 1. The van der Waals surface area contributed by atoms with Gasteiger partial charge < -0.3 is 54.6 Å². The summed E-state index contributed by atoms with van der Waals surface area (Å²) in [5.74, 6) is -7.05. The number of aliphatic hydroxyl groups is 1. The fourth-order valence-electron chi connectivity index (χ4n) is 4.32. The number of carboxylic acids is 2. The number of aliphatic hydroxyl groups excluding tert-OH is 1. The van der Waals surface area contributed by atoms with Crippen LogP contribution < -0.4 is 50.2 Å². The average molecular weight is 688 g/mol. The second-order valence-electron chi connectivity index (χ2n) is 11.2. The number of ketones is 2. The number of aliphatic imine (C=N–C) groups is 2. The van der Waals surface area contributed by atoms with Gasteiger partial charge >= 0.3 is 11.9 Å². The summed E-state index contributed by atoms with van der Waals surface area (Å²) in [5.41, 5.74) is 33.0. The fourth-order valence-corrected chi connectivity index (χ4v) is 4.32. The number of hydrogen-bond acceptors (Lipinski definition) is 12. The van der Waals surface area contributed by atoms with Gasteiger partial charge in [-0.15, -0.1) is 0 Å². The van der Waals surface area contributed by atoms with E-state index in [9.17, 15) is 39.0 Å². The van der Waals surface area contributed by atoms with Crippen molar-refractivity contribution in [3.63, 3.8) is 0 Å². The Kier molecular flexibility index (Phi) is 21.7. The zero-order valence-electron chi connectivity index (χ0n) is 27.5. The van der Waals surface area contributed by atoms with E-state index in [2.05, 4.69) is 31.5 Å². The van der Waals surface area contributed by atoms with Crippen molar-refractivity contribution in [3.05, 3.63) is 0 Å². The van der Waals surface area contributed by atoms with Gasteiger partial charge in [-0.1, -0.05) is 13.3 Å². The Bertz CT molecular complexity index is 1130. The van der Waals surface area contributed by atoms with Gasteiger partial charge in [-0.25, -0.2) is 10.2 Å². The number of aliphatic carboxylic acids is 2. The van der Waals surface area contributed by atoms with Crippen molar-refractivity contribution in [3.8, 4) is 0 Å². The van der Waals surface area contributed by atoms with Crippen LogP contribution in [0.1, 0.15) is 71.6 Å². The van der Waals surface area contributed by atoms with Crippen LogP contribution in [0.2, 0.25) is 0 Å². The fraction of sp³-hybridized carbons (Fsp3) is 0.714. The van der Waals surface area contributed by atoms with Crippen molar-refractivity contribution >= 4 is 47.2 Å². The molecule has 0 saturated heterocycles. The highest BCUT2D eigenvalue weighted by Gasteiger charge is 2.33. The highest BCUT2D eigenvalue weighted by Crippen LogP contribution is 2.11. The van der Waals surface area contributed by atoms with Gasteiger partial charge in [-0.2, -0.15) is 0 Å². The summed E-state index contributed by atoms with van der Waals surface area (Å²) in [5, 5.41) is 32.6. The number of carboxylic acid groups (broad SMARTS) is 2. The number of carbonyl (C=O) groups is 6. The van der Waals surface area contributed by atoms with Crippen molar-refractivity contribution in [2.24, 2.45) is 44.6 Å². The number of nitrogens with one attached hydrogen (secondary N) is 4. The molecule has 0 bridgehead atoms. The zero-order valence-corrected chi connectivity index (χ0v) is 27.5. The highest BCUT2D eigenvalue weighted by molar-refractivity contribution is 6.41. The first-order valence-electron chi connectivity index (χ1n) is 15.7. The summed E-state index contributed by atoms with van der Waals surface area (Å²) in [6, 6.07) is -4.85. The van der Waals surface area contributed by atoms with Crippen LogP contribution in [0.5, 0.6) is 0 Å². The molecule has 2 amide bonds. The number of amides is 2. The Morgan fingerprint density at radius 3 is 1.77 bits per heavy atom. The number of rotatable bonds is 27. The number of nitrogens with two attached hydrogens (primary N) is 5. The lowest BCUT2D eigenvalue weighted by molar-refractivity contribution is -0.145. The maximum absolute atomic E-state index is 13.4. The molecule has 17 N–H and O–H groups in total. The molecular weight excluding hydrogens is 634 g/mol. The van der Waals surface area contributed by atoms with Crippen LogP contribution in [0.15, 0.2) is 9.98 Å². The smallest absolute Gasteiger partial charge is 0.328 e. The zero-order chi connectivity index (χ0) is 36.8. The molecule has 0 saturated carbocycles. The van der Waals surface area contributed by atoms with E-state index in [0.717, 1.165) is 0 Å². The molecule has 0 rings (SSSR count). The summed E-state index contributed by atoms with van der Waals surface area (Å²) in [7, 11) is 0. The van der Waals surface area contributed by atoms with E-state index < -0.39 is 71.5 Å². The maximum atomic E-state index is 13.4. The molecule has 0 aliphatic carbocycles. The van der Waals surface area contributed by atoms with Gasteiger partial charge in [0.05, 0.1) is 30.1 Å². The second kappa shape index (κ2) is 23.8. The first kappa shape index (κ1) is 43.6. The topological polar surface area (TPSA) is 366 Å². The number of Topliss-reactive ketones (excluding diaryl/α,β-unsaturated/α-hetero) is 2. The van der Waals surface area contributed by atoms with E-state index in [1.54, 1.807) is 6.92 Å². The van der Waals surface area contributed by atoms with E-state index in [0.29, 0.717) is 19.3 Å². The molecule has 2 unspecified atom stereocenters. The largest absolute Gasteiger partial charge is 0.481 e. The van der Waals surface area contributed by atoms with Crippen molar-refractivity contribution in [1.29, 1.82) is 0 Å². The van der Waals surface area contributed by atoms with E-state index in [1.807, 2.05) is 0 Å². The molecule has 0 fully saturated rings. The SMILES string of the molecule is CCC(CC(=O)N[C@@H](CCCN=C(N)N)C(=O)C(=O)[C@H](CCCN=C(N)N)NNCCCCC(N)C(=O)N[C@H](C(=O)O)[C@@H](C)O)C(=O)O. The molecule has 48 heavy (non-hydrogen) atoms. The van der Waals surface area contributed by atoms with Gasteiger partial charge in [0.2, 0.25) is 23.4 Å². The number of nitrogens with zero attached hydrogens (tertiary/aromatic N) is 2. The number of hydrazine groups is 1. The van der Waals surface area contributed by atoms with Crippen molar-refractivity contribution in [2.75, 3.05) is 19.6 Å². The predicted molar refractivity (Wildman–Crippen MR) is 176 cm³/mol. The molecule has 0 aromatic heterocycles. The van der Waals surface area contributed by atoms with Crippen LogP contribution in [0.4, 0.5) is 0 Å². The number of guanidine groups is 2. The van der Waals surface area contributed by atoms with Crippen LogP contribution in [-0.4, -0.2) is 112 Å². The van der Waals surface area contributed by atoms with Crippen LogP contribution in [0.3, 0.4) is 0 Å². The van der Waals surface area contributed by atoms with E-state index in [-0.39, 0.29) is 70.1 Å². The summed E-state index contributed by atoms with van der Waals surface area (Å²) in [4.78, 5) is 82.0. The number of hydrogen-bond donors (Lipinski definition) is 12. The number of carbonyl (C=O) groups excluding carboxylic acids is 4. The molecule has 0 heterocycles. The maximum Gasteiger partial charge on any atom is 0.328 e. The van der Waals surface area contributed by atoms with E-state index in [4.69, 9.17) is 33.8 Å². The molecular formula is C28H53N11O9. The van der Waals surface area contributed by atoms with Gasteiger partial charge in [-0.05, 0) is 51.9 Å². The van der Waals surface area contributed by atoms with Crippen LogP contribution >= 0.6 is 0 Å². The monoisotopic (exact) mass is 687 g/mol. The molecule has 0 aromatic carbocycles. The molecule has 274 valence electrons. The minimum Gasteiger partial charge on any atom is -0.481 e. The lowest BCUT2D eigenvalue weighted by Crippen LogP contribution is -2.53. The molecule has 0 aromatic rings. The lowest BCUT2D eigenvalue weighted by atomic mass is 9.96. The van der Waals surface area contributed by atoms with Crippen molar-refractivity contribution < 1.29 is 44.1 Å². The Labute approximate surface area is 279 Å². The van der Waals surface area contributed by atoms with Gasteiger partial charge in [0.25, 0.3) is 0 Å². The average Bonchev–Trinajstić information content (AvgIpc) is 3.00. The first-order chi connectivity index (χ1) is 22.5. The predicted octanol–water partition coefficient (Wildman–Crippen LogP) is -3.87. The van der Waals surface area contributed by atoms with Gasteiger partial charge in [0.1, 0.15) is 0 Å². The van der Waals surface area contributed by atoms with E-state index >= 15 is 0 Å². The van der Waals surface area contributed by atoms with Crippen molar-refractivity contribution in [2.45, 2.75) is 102 Å². The summed E-state index contributed by atoms with van der Waals surface area (Å²) >= 11 is 0. The molecule has 20 nitrogen and oxygen atoms in total. The third-order valence-corrected chi connectivity index (χ3v) is 7.10. The first-order valence-corrected chi connectivity index (χ1v) is 15.7. The van der Waals surface area contributed by atoms with Crippen LogP contribution in [0.25, 0.3) is 0 Å². The standard InChI is InChI=1S/C28H53N11O9/c1-3-16(25(45)46)14-20(41)37-18(9-6-11-34-27(30)31)22(42)23(43)19(10-7-12-35-28(32)33)39-36-13-5-4-8-17(29)24(44)38-21(15(2)40)26(47)48/h15-19,21,36,39-40H,3-14,29H2,1-2H3,(H,37,41)(H,38,44)(H,45,46)(H,47,48)(H4,30,31,34)(H4,32,33,35)/t15-,16?,17?,18+,19+,21+/m1/s1. The van der Waals surface area contributed by atoms with Gasteiger partial charge in [0.15, 0.2) is 18.0 Å². The van der Waals surface area contributed by atoms with Crippen molar-refractivity contribution in [1.82, 2.24) is 21.5 Å². The summed E-state index contributed by atoms with van der Waals surface area (Å²) < 4.78 is 0. The van der Waals surface area contributed by atoms with Gasteiger partial charge in [-0.3, -0.25) is 39.4 Å². The molecule has 6 atom stereocenters. The third-order valence-electron chi connectivity index (χ3n) is 7.10. The minimum absolute atomic E-state index is 0.00334. The normalized spacial score (nSPS) is 14.7. The minimum atomic E-state index is -1.50. The molecule has 0 aliphatic rings. The van der Waals surface area contributed by atoms with E-state index in [1.165, 1.54) is 6.92 Å². The molecule has 20 heteroatoms. The second-order valence-corrected chi connectivity index (χ2v) is 11.2. The summed E-state index contributed by atoms with van der Waals surface area (Å²) in [6.07, 6.45) is 0.230. The molecule has 0 radical (unpaired) electrons. The molecule has 0 spiro atoms. The molecule has 0 aliphatic heterocycles. The lowest BCUT2D eigenvalue weighted by Gasteiger charge is -2.22. The van der Waals surface area contributed by atoms with Gasteiger partial charge in [0, 0.05) is 26.1 Å². The Hall–Kier alpha value is -4.40. The summed E-state index contributed by atoms with van der Waals surface area (Å²) in [6.45, 7) is 3.41. The Balaban J connectivity index is 5.44. The Morgan fingerprint density at radius 2 is 1.29 bits per heavy atom. The third kappa shape index (κ3) is 18.7. The Morgan fingerprint density at radius 1 is 0.750 bits per heavy atom. The highest BCUT2D eigenvalue weighted by atomic mass is 16.4. The quantitative estimate of drug-likeness (QED) is 0.0129. The van der Waals surface area contributed by atoms with Crippen LogP contribution in [-0.2, 0) is 28.8 Å². The van der Waals surface area contributed by atoms with Crippen LogP contribution in [0, 0.1) is 5.92 Å².